The van der Waals surface area contributed by atoms with Crippen molar-refractivity contribution in [2.24, 2.45) is 5.92 Å². The van der Waals surface area contributed by atoms with Crippen molar-refractivity contribution >= 4 is 11.7 Å². The van der Waals surface area contributed by atoms with Crippen LogP contribution in [0.25, 0.3) is 0 Å². The molecule has 2 atom stereocenters. The molecule has 30 heavy (non-hydrogen) atoms. The highest BCUT2D eigenvalue weighted by Gasteiger charge is 2.44. The molecule has 2 aliphatic heterocycles. The summed E-state index contributed by atoms with van der Waals surface area (Å²) in [5, 5.41) is 13.4. The van der Waals surface area contributed by atoms with Crippen LogP contribution < -0.4 is 10.1 Å². The molecular weight excluding hydrogens is 384 g/mol. The minimum atomic E-state index is -0.608. The van der Waals surface area contributed by atoms with Crippen molar-refractivity contribution in [3.63, 3.8) is 0 Å². The van der Waals surface area contributed by atoms with E-state index in [1.165, 1.54) is 0 Å². The lowest BCUT2D eigenvalue weighted by Crippen LogP contribution is -2.49. The topological polar surface area (TPSA) is 88.1 Å². The molecule has 1 aromatic rings. The Hall–Kier alpha value is -2.80. The van der Waals surface area contributed by atoms with E-state index in [0.717, 1.165) is 24.1 Å². The molecule has 160 valence electrons. The molecule has 0 bridgehead atoms. The van der Waals surface area contributed by atoms with Crippen molar-refractivity contribution in [1.29, 1.82) is 0 Å². The second kappa shape index (κ2) is 8.52. The summed E-state index contributed by atoms with van der Waals surface area (Å²) in [6.45, 7) is 8.46. The molecule has 0 spiro atoms. The number of phenols is 1. The van der Waals surface area contributed by atoms with Crippen LogP contribution in [-0.2, 0) is 14.3 Å². The van der Waals surface area contributed by atoms with Crippen molar-refractivity contribution in [2.45, 2.75) is 32.1 Å². The summed E-state index contributed by atoms with van der Waals surface area (Å²) >= 11 is 0. The van der Waals surface area contributed by atoms with Crippen LogP contribution >= 0.6 is 0 Å². The number of hydrogen-bond acceptors (Lipinski definition) is 6. The number of amides is 1. The first-order valence-corrected chi connectivity index (χ1v) is 10.6. The molecule has 1 aliphatic carbocycles. The van der Waals surface area contributed by atoms with Crippen LogP contribution in [0.5, 0.6) is 11.5 Å². The molecule has 7 nitrogen and oxygen atoms in total. The molecule has 2 heterocycles. The first kappa shape index (κ1) is 20.5. The molecule has 1 amide bonds. The molecule has 0 saturated carbocycles. The van der Waals surface area contributed by atoms with E-state index in [1.807, 2.05) is 6.92 Å². The van der Waals surface area contributed by atoms with Crippen molar-refractivity contribution in [2.75, 3.05) is 32.9 Å². The zero-order chi connectivity index (χ0) is 21.3. The van der Waals surface area contributed by atoms with Gasteiger partial charge >= 0.3 is 0 Å². The van der Waals surface area contributed by atoms with Crippen molar-refractivity contribution < 1.29 is 24.2 Å². The number of rotatable bonds is 4. The summed E-state index contributed by atoms with van der Waals surface area (Å²) < 4.78 is 11.0. The predicted octanol–water partition coefficient (Wildman–Crippen LogP) is 2.47. The van der Waals surface area contributed by atoms with Crippen LogP contribution in [-0.4, -0.2) is 54.6 Å². The van der Waals surface area contributed by atoms with E-state index in [2.05, 4.69) is 11.9 Å². The van der Waals surface area contributed by atoms with E-state index in [9.17, 15) is 14.7 Å². The normalized spacial score (nSPS) is 24.4. The first-order chi connectivity index (χ1) is 14.5. The Labute approximate surface area is 176 Å². The Morgan fingerprint density at radius 3 is 2.83 bits per heavy atom. The molecule has 1 aromatic carbocycles. The average molecular weight is 412 g/mol. The largest absolute Gasteiger partial charge is 0.504 e. The monoisotopic (exact) mass is 412 g/mol. The number of hydrogen-bond donors (Lipinski definition) is 2. The summed E-state index contributed by atoms with van der Waals surface area (Å²) in [5.41, 5.74) is 2.90. The van der Waals surface area contributed by atoms with Gasteiger partial charge in [-0.15, -0.1) is 0 Å². The standard InChI is InChI=1S/C23H28N2O5/c1-3-30-19-13-15(7-8-17(19)26)21-20(23(28)25-9-11-29-12-10-25)14(2)24-16-5-4-6-18(27)22(16)21/h7-8,13,20-21,24,26H,2-6,9-12H2,1H3. The van der Waals surface area contributed by atoms with E-state index in [-0.39, 0.29) is 17.4 Å². The Kier molecular flexibility index (Phi) is 5.81. The third-order valence-corrected chi connectivity index (χ3v) is 6.02. The minimum absolute atomic E-state index is 0.0357. The van der Waals surface area contributed by atoms with E-state index in [4.69, 9.17) is 9.47 Å². The van der Waals surface area contributed by atoms with E-state index >= 15 is 0 Å². The Balaban J connectivity index is 1.81. The number of benzene rings is 1. The summed E-state index contributed by atoms with van der Waals surface area (Å²) in [6, 6.07) is 5.08. The lowest BCUT2D eigenvalue weighted by molar-refractivity contribution is -0.139. The van der Waals surface area contributed by atoms with E-state index in [0.29, 0.717) is 56.4 Å². The number of carbonyl (C=O) groups is 2. The highest BCUT2D eigenvalue weighted by atomic mass is 16.5. The molecule has 7 heteroatoms. The fourth-order valence-electron chi connectivity index (χ4n) is 4.62. The second-order valence-corrected chi connectivity index (χ2v) is 7.87. The van der Waals surface area contributed by atoms with Gasteiger partial charge in [-0.1, -0.05) is 12.6 Å². The first-order valence-electron chi connectivity index (χ1n) is 10.6. The lowest BCUT2D eigenvalue weighted by Gasteiger charge is -2.41. The Morgan fingerprint density at radius 2 is 2.10 bits per heavy atom. The number of allylic oxidation sites excluding steroid dienone is 2. The van der Waals surface area contributed by atoms with Crippen LogP contribution in [0.2, 0.25) is 0 Å². The van der Waals surface area contributed by atoms with E-state index in [1.54, 1.807) is 23.1 Å². The Bertz CT molecular complexity index is 901. The highest BCUT2D eigenvalue weighted by molar-refractivity contribution is 6.00. The van der Waals surface area contributed by atoms with Gasteiger partial charge in [0.1, 0.15) is 0 Å². The molecule has 2 unspecified atom stereocenters. The van der Waals surface area contributed by atoms with Crippen molar-refractivity contribution in [3.8, 4) is 11.5 Å². The van der Waals surface area contributed by atoms with Gasteiger partial charge in [0, 0.05) is 42.4 Å². The third kappa shape index (κ3) is 3.69. The number of ketones is 1. The minimum Gasteiger partial charge on any atom is -0.504 e. The van der Waals surface area contributed by atoms with Gasteiger partial charge in [-0.3, -0.25) is 9.59 Å². The summed E-state index contributed by atoms with van der Waals surface area (Å²) in [6.07, 6.45) is 2.01. The van der Waals surface area contributed by atoms with Crippen LogP contribution in [0.1, 0.15) is 37.7 Å². The van der Waals surface area contributed by atoms with Gasteiger partial charge in [0.05, 0.1) is 25.7 Å². The molecule has 3 aliphatic rings. The molecule has 1 fully saturated rings. The number of Topliss-reactive ketones (excluding diaryl/α,β-unsaturated/α-hetero) is 1. The van der Waals surface area contributed by atoms with Gasteiger partial charge in [0.15, 0.2) is 17.3 Å². The smallest absolute Gasteiger partial charge is 0.232 e. The average Bonchev–Trinajstić information content (AvgIpc) is 2.75. The quantitative estimate of drug-likeness (QED) is 0.790. The number of ether oxygens (including phenoxy) is 2. The van der Waals surface area contributed by atoms with Crippen LogP contribution in [0.4, 0.5) is 0 Å². The molecular formula is C23H28N2O5. The zero-order valence-electron chi connectivity index (χ0n) is 17.3. The highest BCUT2D eigenvalue weighted by Crippen LogP contribution is 2.46. The van der Waals surface area contributed by atoms with Crippen LogP contribution in [0.3, 0.4) is 0 Å². The number of aromatic hydroxyl groups is 1. The molecule has 4 rings (SSSR count). The number of morpholine rings is 1. The van der Waals surface area contributed by atoms with Crippen molar-refractivity contribution in [1.82, 2.24) is 10.2 Å². The predicted molar refractivity (Wildman–Crippen MR) is 111 cm³/mol. The van der Waals surface area contributed by atoms with Gasteiger partial charge in [0.2, 0.25) is 5.91 Å². The van der Waals surface area contributed by atoms with Gasteiger partial charge in [0.25, 0.3) is 0 Å². The fourth-order valence-corrected chi connectivity index (χ4v) is 4.62. The number of phenolic OH excluding ortho intramolecular Hbond substituents is 1. The molecule has 0 radical (unpaired) electrons. The van der Waals surface area contributed by atoms with Gasteiger partial charge in [-0.05, 0) is 37.5 Å². The lowest BCUT2D eigenvalue weighted by atomic mass is 9.71. The number of nitrogens with one attached hydrogen (secondary N) is 1. The number of nitrogens with zero attached hydrogens (tertiary/aromatic N) is 1. The molecule has 1 saturated heterocycles. The van der Waals surface area contributed by atoms with Gasteiger partial charge in [-0.25, -0.2) is 0 Å². The van der Waals surface area contributed by atoms with Gasteiger partial charge in [-0.2, -0.15) is 0 Å². The fraction of sp³-hybridized carbons (Fsp3) is 0.478. The molecule has 2 N–H and O–H groups in total. The maximum absolute atomic E-state index is 13.6. The third-order valence-electron chi connectivity index (χ3n) is 6.02. The second-order valence-electron chi connectivity index (χ2n) is 7.87. The van der Waals surface area contributed by atoms with Crippen molar-refractivity contribution in [3.05, 3.63) is 47.3 Å². The number of carbonyl (C=O) groups excluding carboxylic acids is 2. The SMILES string of the molecule is C=C1NC2=C(C(=O)CCC2)C(c2ccc(O)c(OCC)c2)C1C(=O)N1CCOCC1. The molecule has 0 aromatic heterocycles. The maximum atomic E-state index is 13.6. The summed E-state index contributed by atoms with van der Waals surface area (Å²) in [7, 11) is 0. The maximum Gasteiger partial charge on any atom is 0.232 e. The summed E-state index contributed by atoms with van der Waals surface area (Å²) in [5.74, 6) is -0.681. The van der Waals surface area contributed by atoms with Crippen LogP contribution in [0.15, 0.2) is 41.7 Å². The summed E-state index contributed by atoms with van der Waals surface area (Å²) in [4.78, 5) is 28.3. The van der Waals surface area contributed by atoms with E-state index < -0.39 is 11.8 Å². The Morgan fingerprint density at radius 1 is 1.33 bits per heavy atom. The van der Waals surface area contributed by atoms with Gasteiger partial charge < -0.3 is 24.8 Å². The zero-order valence-corrected chi connectivity index (χ0v) is 17.3. The van der Waals surface area contributed by atoms with Crippen LogP contribution in [0, 0.1) is 5.92 Å².